The zero-order chi connectivity index (χ0) is 13.8. The van der Waals surface area contributed by atoms with Gasteiger partial charge in [-0.25, -0.2) is 0 Å². The van der Waals surface area contributed by atoms with Gasteiger partial charge < -0.3 is 4.90 Å². The van der Waals surface area contributed by atoms with E-state index in [4.69, 9.17) is 0 Å². The molecule has 0 N–H and O–H groups in total. The SMILES string of the molecule is CC(=O)N(C/C=C(/C)c1ccccc1)C(C)(C)C. The van der Waals surface area contributed by atoms with E-state index in [1.165, 1.54) is 11.1 Å². The van der Waals surface area contributed by atoms with Crippen molar-refractivity contribution in [2.75, 3.05) is 6.54 Å². The molecule has 0 radical (unpaired) electrons. The Hall–Kier alpha value is -1.57. The number of amides is 1. The van der Waals surface area contributed by atoms with Crippen LogP contribution in [0.2, 0.25) is 0 Å². The number of rotatable bonds is 3. The van der Waals surface area contributed by atoms with Gasteiger partial charge in [0.15, 0.2) is 0 Å². The molecule has 2 heteroatoms. The molecule has 0 fully saturated rings. The van der Waals surface area contributed by atoms with Gasteiger partial charge in [-0.2, -0.15) is 0 Å². The van der Waals surface area contributed by atoms with E-state index in [2.05, 4.69) is 45.9 Å². The van der Waals surface area contributed by atoms with Crippen molar-refractivity contribution in [3.05, 3.63) is 42.0 Å². The van der Waals surface area contributed by atoms with Crippen LogP contribution in [-0.4, -0.2) is 22.9 Å². The van der Waals surface area contributed by atoms with Gasteiger partial charge in [-0.3, -0.25) is 4.79 Å². The number of nitrogens with zero attached hydrogens (tertiary/aromatic N) is 1. The molecule has 0 unspecified atom stereocenters. The molecule has 0 aromatic heterocycles. The van der Waals surface area contributed by atoms with Gasteiger partial charge in [-0.15, -0.1) is 0 Å². The highest BCUT2D eigenvalue weighted by molar-refractivity contribution is 5.74. The summed E-state index contributed by atoms with van der Waals surface area (Å²) in [6, 6.07) is 10.2. The van der Waals surface area contributed by atoms with Crippen LogP contribution >= 0.6 is 0 Å². The minimum atomic E-state index is -0.140. The molecule has 0 heterocycles. The molecule has 2 nitrogen and oxygen atoms in total. The predicted molar refractivity (Wildman–Crippen MR) is 77.2 cm³/mol. The van der Waals surface area contributed by atoms with E-state index >= 15 is 0 Å². The molecule has 98 valence electrons. The summed E-state index contributed by atoms with van der Waals surface area (Å²) in [4.78, 5) is 13.5. The van der Waals surface area contributed by atoms with E-state index in [-0.39, 0.29) is 11.4 Å². The Morgan fingerprint density at radius 2 is 1.72 bits per heavy atom. The van der Waals surface area contributed by atoms with E-state index in [9.17, 15) is 4.79 Å². The van der Waals surface area contributed by atoms with Crippen molar-refractivity contribution in [1.29, 1.82) is 0 Å². The standard InChI is InChI=1S/C16H23NO/c1-13(15-9-7-6-8-10-15)11-12-17(14(2)18)16(3,4)5/h6-11H,12H2,1-5H3/b13-11-. The van der Waals surface area contributed by atoms with Crippen LogP contribution < -0.4 is 0 Å². The normalized spacial score (nSPS) is 12.4. The van der Waals surface area contributed by atoms with Gasteiger partial charge in [0.1, 0.15) is 0 Å². The maximum Gasteiger partial charge on any atom is 0.220 e. The zero-order valence-corrected chi connectivity index (χ0v) is 12.0. The van der Waals surface area contributed by atoms with Crippen LogP contribution in [-0.2, 0) is 4.79 Å². The van der Waals surface area contributed by atoms with Gasteiger partial charge in [0, 0.05) is 19.0 Å². The molecule has 18 heavy (non-hydrogen) atoms. The largest absolute Gasteiger partial charge is 0.334 e. The van der Waals surface area contributed by atoms with Crippen molar-refractivity contribution < 1.29 is 4.79 Å². The van der Waals surface area contributed by atoms with Crippen molar-refractivity contribution in [2.45, 2.75) is 40.2 Å². The van der Waals surface area contributed by atoms with Crippen LogP contribution in [0.1, 0.15) is 40.2 Å². The second-order valence-electron chi connectivity index (χ2n) is 5.55. The van der Waals surface area contributed by atoms with Gasteiger partial charge in [0.25, 0.3) is 0 Å². The average molecular weight is 245 g/mol. The molecule has 1 amide bonds. The Balaban J connectivity index is 2.82. The van der Waals surface area contributed by atoms with Crippen LogP contribution in [0, 0.1) is 0 Å². The molecule has 0 bridgehead atoms. The molecular weight excluding hydrogens is 222 g/mol. The average Bonchev–Trinajstić information content (AvgIpc) is 2.28. The summed E-state index contributed by atoms with van der Waals surface area (Å²) in [5.41, 5.74) is 2.26. The summed E-state index contributed by atoms with van der Waals surface area (Å²) in [5, 5.41) is 0. The van der Waals surface area contributed by atoms with Gasteiger partial charge in [0.2, 0.25) is 5.91 Å². The lowest BCUT2D eigenvalue weighted by atomic mass is 10.0. The number of carbonyl (C=O) groups is 1. The first-order chi connectivity index (χ1) is 8.32. The highest BCUT2D eigenvalue weighted by Crippen LogP contribution is 2.17. The summed E-state index contributed by atoms with van der Waals surface area (Å²) >= 11 is 0. The number of carbonyl (C=O) groups excluding carboxylic acids is 1. The number of hydrogen-bond donors (Lipinski definition) is 0. The monoisotopic (exact) mass is 245 g/mol. The maximum atomic E-state index is 11.6. The highest BCUT2D eigenvalue weighted by Gasteiger charge is 2.22. The summed E-state index contributed by atoms with van der Waals surface area (Å²) < 4.78 is 0. The van der Waals surface area contributed by atoms with Crippen molar-refractivity contribution in [2.24, 2.45) is 0 Å². The van der Waals surface area contributed by atoms with E-state index < -0.39 is 0 Å². The van der Waals surface area contributed by atoms with Gasteiger partial charge in [-0.05, 0) is 38.8 Å². The summed E-state index contributed by atoms with van der Waals surface area (Å²) in [6.45, 7) is 10.5. The van der Waals surface area contributed by atoms with Gasteiger partial charge in [0.05, 0.1) is 0 Å². The van der Waals surface area contributed by atoms with Crippen molar-refractivity contribution >= 4 is 11.5 Å². The quantitative estimate of drug-likeness (QED) is 0.794. The third-order valence-corrected chi connectivity index (χ3v) is 3.00. The fourth-order valence-corrected chi connectivity index (χ4v) is 1.92. The van der Waals surface area contributed by atoms with Crippen LogP contribution in [0.3, 0.4) is 0 Å². The predicted octanol–water partition coefficient (Wildman–Crippen LogP) is 3.74. The molecular formula is C16H23NO. The Bertz CT molecular complexity index is 426. The molecule has 0 saturated heterocycles. The number of benzene rings is 1. The van der Waals surface area contributed by atoms with Gasteiger partial charge >= 0.3 is 0 Å². The molecule has 1 aromatic rings. The third kappa shape index (κ3) is 4.02. The molecule has 0 saturated carbocycles. The molecule has 0 aliphatic carbocycles. The van der Waals surface area contributed by atoms with Crippen LogP contribution in [0.4, 0.5) is 0 Å². The lowest BCUT2D eigenvalue weighted by molar-refractivity contribution is -0.132. The number of hydrogen-bond acceptors (Lipinski definition) is 1. The van der Waals surface area contributed by atoms with E-state index in [0.29, 0.717) is 6.54 Å². The first-order valence-electron chi connectivity index (χ1n) is 6.33. The summed E-state index contributed by atoms with van der Waals surface area (Å²) in [6.07, 6.45) is 2.11. The first-order valence-corrected chi connectivity index (χ1v) is 6.33. The molecule has 0 atom stereocenters. The zero-order valence-electron chi connectivity index (χ0n) is 12.0. The van der Waals surface area contributed by atoms with Crippen molar-refractivity contribution in [3.8, 4) is 0 Å². The van der Waals surface area contributed by atoms with E-state index in [0.717, 1.165) is 0 Å². The topological polar surface area (TPSA) is 20.3 Å². The fourth-order valence-electron chi connectivity index (χ4n) is 1.92. The lowest BCUT2D eigenvalue weighted by Crippen LogP contribution is -2.44. The van der Waals surface area contributed by atoms with Gasteiger partial charge in [-0.1, -0.05) is 36.4 Å². The summed E-state index contributed by atoms with van der Waals surface area (Å²) in [5.74, 6) is 0.111. The highest BCUT2D eigenvalue weighted by atomic mass is 16.2. The maximum absolute atomic E-state index is 11.6. The Morgan fingerprint density at radius 3 is 2.17 bits per heavy atom. The van der Waals surface area contributed by atoms with Crippen molar-refractivity contribution in [1.82, 2.24) is 4.90 Å². The van der Waals surface area contributed by atoms with Crippen LogP contribution in [0.25, 0.3) is 5.57 Å². The number of allylic oxidation sites excluding steroid dienone is 1. The van der Waals surface area contributed by atoms with Crippen molar-refractivity contribution in [3.63, 3.8) is 0 Å². The molecule has 0 spiro atoms. The van der Waals surface area contributed by atoms with Crippen LogP contribution in [0.5, 0.6) is 0 Å². The lowest BCUT2D eigenvalue weighted by Gasteiger charge is -2.34. The Labute approximate surface area is 110 Å². The smallest absolute Gasteiger partial charge is 0.220 e. The van der Waals surface area contributed by atoms with E-state index in [1.807, 2.05) is 23.1 Å². The second kappa shape index (κ2) is 5.85. The molecule has 0 aliphatic heterocycles. The van der Waals surface area contributed by atoms with E-state index in [1.54, 1.807) is 6.92 Å². The van der Waals surface area contributed by atoms with Crippen LogP contribution in [0.15, 0.2) is 36.4 Å². The molecule has 0 aliphatic rings. The molecule has 1 rings (SSSR count). The minimum Gasteiger partial charge on any atom is -0.334 e. The Kier molecular flexibility index (Phi) is 4.71. The Morgan fingerprint density at radius 1 is 1.17 bits per heavy atom. The third-order valence-electron chi connectivity index (χ3n) is 3.00. The fraction of sp³-hybridized carbons (Fsp3) is 0.438. The summed E-state index contributed by atoms with van der Waals surface area (Å²) in [7, 11) is 0. The molecule has 1 aromatic carbocycles. The first kappa shape index (κ1) is 14.5. The minimum absolute atomic E-state index is 0.111. The second-order valence-corrected chi connectivity index (χ2v) is 5.55.